The van der Waals surface area contributed by atoms with Gasteiger partial charge in [-0.3, -0.25) is 14.6 Å². The lowest BCUT2D eigenvalue weighted by Gasteiger charge is -2.27. The largest absolute Gasteiger partial charge is 0.495 e. The molecule has 4 rings (SSSR count). The van der Waals surface area contributed by atoms with Crippen LogP contribution in [0.1, 0.15) is 6.42 Å². The van der Waals surface area contributed by atoms with Gasteiger partial charge in [-0.15, -0.1) is 0 Å². The van der Waals surface area contributed by atoms with Gasteiger partial charge in [0.2, 0.25) is 0 Å². The Hall–Kier alpha value is -3.08. The quantitative estimate of drug-likeness (QED) is 0.395. The zero-order valence-corrected chi connectivity index (χ0v) is 21.1. The maximum atomic E-state index is 13.4. The number of anilines is 1. The molecular weight excluding hydrogens is 470 g/mol. The molecule has 2 heterocycles. The summed E-state index contributed by atoms with van der Waals surface area (Å²) in [6.45, 7) is 4.54. The van der Waals surface area contributed by atoms with Crippen LogP contribution in [0.5, 0.6) is 23.0 Å². The van der Waals surface area contributed by atoms with E-state index < -0.39 is 0 Å². The molecule has 0 N–H and O–H groups in total. The summed E-state index contributed by atoms with van der Waals surface area (Å²) in [5, 5.41) is 0.582. The fourth-order valence-electron chi connectivity index (χ4n) is 3.95. The highest BCUT2D eigenvalue weighted by Crippen LogP contribution is 2.40. The van der Waals surface area contributed by atoms with E-state index >= 15 is 0 Å². The molecule has 1 saturated heterocycles. The number of morpholine rings is 1. The van der Waals surface area contributed by atoms with Crippen molar-refractivity contribution in [2.75, 3.05) is 72.2 Å². The number of hydrogen-bond donors (Lipinski definition) is 0. The van der Waals surface area contributed by atoms with E-state index in [2.05, 4.69) is 4.90 Å². The summed E-state index contributed by atoms with van der Waals surface area (Å²) in [6.07, 6.45) is 0.796. The predicted molar refractivity (Wildman–Crippen MR) is 135 cm³/mol. The van der Waals surface area contributed by atoms with Gasteiger partial charge < -0.3 is 23.7 Å². The van der Waals surface area contributed by atoms with Crippen molar-refractivity contribution in [2.45, 2.75) is 6.42 Å². The fraction of sp³-hybridized carbons (Fsp3) is 0.440. The van der Waals surface area contributed by atoms with Crippen LogP contribution < -0.4 is 23.8 Å². The molecule has 0 bridgehead atoms. The summed E-state index contributed by atoms with van der Waals surface area (Å²) in [5.74, 6) is 2.23. The molecular formula is C25H31N3O6S. The van der Waals surface area contributed by atoms with E-state index in [0.717, 1.165) is 44.0 Å². The van der Waals surface area contributed by atoms with Crippen LogP contribution in [0.15, 0.2) is 36.4 Å². The van der Waals surface area contributed by atoms with E-state index in [0.29, 0.717) is 40.2 Å². The van der Waals surface area contributed by atoms with Crippen LogP contribution in [0.25, 0.3) is 10.2 Å². The number of nitrogens with zero attached hydrogens (tertiary/aromatic N) is 3. The van der Waals surface area contributed by atoms with Gasteiger partial charge in [0.15, 0.2) is 23.2 Å². The molecule has 0 unspecified atom stereocenters. The van der Waals surface area contributed by atoms with E-state index in [4.69, 9.17) is 28.7 Å². The monoisotopic (exact) mass is 501 g/mol. The topological polar surface area (TPSA) is 82.6 Å². The molecule has 1 fully saturated rings. The number of carbonyl (C=O) groups is 1. The number of methoxy groups -OCH3 is 3. The van der Waals surface area contributed by atoms with Crippen molar-refractivity contribution >= 4 is 32.6 Å². The first-order valence-corrected chi connectivity index (χ1v) is 12.3. The molecule has 0 saturated carbocycles. The van der Waals surface area contributed by atoms with Crippen molar-refractivity contribution in [1.29, 1.82) is 0 Å². The minimum Gasteiger partial charge on any atom is -0.495 e. The highest BCUT2D eigenvalue weighted by molar-refractivity contribution is 7.22. The fourth-order valence-corrected chi connectivity index (χ4v) is 5.07. The number of ether oxygens (including phenoxy) is 5. The minimum absolute atomic E-state index is 0.137. The van der Waals surface area contributed by atoms with Gasteiger partial charge in [-0.2, -0.15) is 0 Å². The summed E-state index contributed by atoms with van der Waals surface area (Å²) in [4.78, 5) is 22.2. The number of aromatic nitrogens is 1. The third-order valence-corrected chi connectivity index (χ3v) is 6.90. The molecule has 1 aliphatic rings. The Morgan fingerprint density at radius 1 is 1.00 bits per heavy atom. The first kappa shape index (κ1) is 25.0. The molecule has 188 valence electrons. The SMILES string of the molecule is COc1ccccc1OCC(=O)N(CCCN1CCOCC1)c1nc2c(OC)ccc(OC)c2s1. The Kier molecular flexibility index (Phi) is 8.62. The maximum absolute atomic E-state index is 13.4. The van der Waals surface area contributed by atoms with Gasteiger partial charge in [0, 0.05) is 26.2 Å². The lowest BCUT2D eigenvalue weighted by atomic mass is 10.3. The average Bonchev–Trinajstić information content (AvgIpc) is 3.35. The van der Waals surface area contributed by atoms with Crippen LogP contribution in [0.2, 0.25) is 0 Å². The molecule has 0 atom stereocenters. The molecule has 3 aromatic rings. The first-order chi connectivity index (χ1) is 17.1. The molecule has 0 aliphatic carbocycles. The number of rotatable bonds is 11. The molecule has 10 heteroatoms. The predicted octanol–water partition coefficient (Wildman–Crippen LogP) is 3.46. The Morgan fingerprint density at radius 2 is 1.69 bits per heavy atom. The molecule has 35 heavy (non-hydrogen) atoms. The van der Waals surface area contributed by atoms with Crippen LogP contribution in [0, 0.1) is 0 Å². The number of fused-ring (bicyclic) bond motifs is 1. The highest BCUT2D eigenvalue weighted by atomic mass is 32.1. The van der Waals surface area contributed by atoms with Crippen LogP contribution >= 0.6 is 11.3 Å². The van der Waals surface area contributed by atoms with E-state index in [9.17, 15) is 4.79 Å². The summed E-state index contributed by atoms with van der Waals surface area (Å²) in [7, 11) is 4.80. The standard InChI is InChI=1S/C25H31N3O6S/c1-30-18-7-4-5-8-19(18)34-17-22(29)28(12-6-11-27-13-15-33-16-14-27)25-26-23-20(31-2)9-10-21(32-3)24(23)35-25/h4-5,7-10H,6,11-17H2,1-3H3. The molecule has 1 aliphatic heterocycles. The third-order valence-electron chi connectivity index (χ3n) is 5.81. The van der Waals surface area contributed by atoms with E-state index in [1.54, 1.807) is 38.4 Å². The Bertz CT molecular complexity index is 1090. The van der Waals surface area contributed by atoms with E-state index in [-0.39, 0.29) is 12.5 Å². The molecule has 1 amide bonds. The Morgan fingerprint density at radius 3 is 2.40 bits per heavy atom. The minimum atomic E-state index is -0.185. The van der Waals surface area contributed by atoms with Crippen molar-refractivity contribution < 1.29 is 28.5 Å². The summed E-state index contributed by atoms with van der Waals surface area (Å²) in [6, 6.07) is 10.9. The van der Waals surface area contributed by atoms with Crippen LogP contribution in [0.4, 0.5) is 5.13 Å². The van der Waals surface area contributed by atoms with Crippen molar-refractivity contribution in [1.82, 2.24) is 9.88 Å². The van der Waals surface area contributed by atoms with Crippen molar-refractivity contribution in [3.8, 4) is 23.0 Å². The van der Waals surface area contributed by atoms with Gasteiger partial charge >= 0.3 is 0 Å². The van der Waals surface area contributed by atoms with Gasteiger partial charge in [0.1, 0.15) is 21.7 Å². The van der Waals surface area contributed by atoms with E-state index in [1.165, 1.54) is 11.3 Å². The first-order valence-electron chi connectivity index (χ1n) is 11.5. The Balaban J connectivity index is 1.56. The van der Waals surface area contributed by atoms with Crippen molar-refractivity contribution in [3.63, 3.8) is 0 Å². The number of amides is 1. The number of para-hydroxylation sites is 2. The second kappa shape index (κ2) is 12.1. The number of carbonyl (C=O) groups excluding carboxylic acids is 1. The van der Waals surface area contributed by atoms with Gasteiger partial charge in [-0.1, -0.05) is 23.5 Å². The van der Waals surface area contributed by atoms with Crippen molar-refractivity contribution in [2.24, 2.45) is 0 Å². The molecule has 2 aromatic carbocycles. The van der Waals surface area contributed by atoms with Gasteiger partial charge in [-0.25, -0.2) is 4.98 Å². The summed E-state index contributed by atoms with van der Waals surface area (Å²) < 4.78 is 28.5. The molecule has 9 nitrogen and oxygen atoms in total. The molecule has 1 aromatic heterocycles. The Labute approximate surface area is 209 Å². The second-order valence-corrected chi connectivity index (χ2v) is 8.91. The maximum Gasteiger partial charge on any atom is 0.266 e. The van der Waals surface area contributed by atoms with Gasteiger partial charge in [0.05, 0.1) is 34.5 Å². The van der Waals surface area contributed by atoms with Crippen molar-refractivity contribution in [3.05, 3.63) is 36.4 Å². The highest BCUT2D eigenvalue weighted by Gasteiger charge is 2.24. The van der Waals surface area contributed by atoms with Gasteiger partial charge in [0.25, 0.3) is 5.91 Å². The van der Waals surface area contributed by atoms with Gasteiger partial charge in [-0.05, 0) is 30.7 Å². The normalized spacial score (nSPS) is 14.0. The number of hydrogen-bond acceptors (Lipinski definition) is 9. The van der Waals surface area contributed by atoms with Crippen LogP contribution in [0.3, 0.4) is 0 Å². The molecule has 0 radical (unpaired) electrons. The lowest BCUT2D eigenvalue weighted by Crippen LogP contribution is -2.40. The van der Waals surface area contributed by atoms with E-state index in [1.807, 2.05) is 24.3 Å². The summed E-state index contributed by atoms with van der Waals surface area (Å²) >= 11 is 1.40. The lowest BCUT2D eigenvalue weighted by molar-refractivity contribution is -0.120. The number of thiazole rings is 1. The third kappa shape index (κ3) is 5.95. The zero-order chi connectivity index (χ0) is 24.6. The van der Waals surface area contributed by atoms with Crippen LogP contribution in [-0.2, 0) is 9.53 Å². The average molecular weight is 502 g/mol. The zero-order valence-electron chi connectivity index (χ0n) is 20.3. The summed E-state index contributed by atoms with van der Waals surface area (Å²) in [5.41, 5.74) is 0.670. The smallest absolute Gasteiger partial charge is 0.266 e. The molecule has 0 spiro atoms. The number of benzene rings is 2. The second-order valence-electron chi connectivity index (χ2n) is 7.94. The van der Waals surface area contributed by atoms with Crippen LogP contribution in [-0.4, -0.2) is 83.1 Å².